The van der Waals surface area contributed by atoms with Crippen LogP contribution in [0.15, 0.2) is 12.3 Å². The summed E-state index contributed by atoms with van der Waals surface area (Å²) in [6, 6.07) is 1.40. The molecule has 2 heterocycles. The summed E-state index contributed by atoms with van der Waals surface area (Å²) in [6.07, 6.45) is 5.07. The van der Waals surface area contributed by atoms with Crippen LogP contribution in [0.1, 0.15) is 43.0 Å². The van der Waals surface area contributed by atoms with E-state index in [0.29, 0.717) is 6.54 Å². The van der Waals surface area contributed by atoms with Gasteiger partial charge in [-0.1, -0.05) is 6.92 Å². The number of aromatic nitrogens is 1. The van der Waals surface area contributed by atoms with E-state index in [0.717, 1.165) is 31.9 Å². The van der Waals surface area contributed by atoms with Crippen LogP contribution in [0, 0.1) is 5.82 Å². The number of pyridine rings is 1. The molecule has 2 N–H and O–H groups in total. The maximum Gasteiger partial charge on any atom is 0.257 e. The second kappa shape index (κ2) is 5.33. The van der Waals surface area contributed by atoms with Crippen molar-refractivity contribution in [2.24, 2.45) is 0 Å². The third kappa shape index (κ3) is 2.44. The van der Waals surface area contributed by atoms with Crippen LogP contribution in [0.5, 0.6) is 0 Å². The SMILES string of the molecule is CCC1CCCCN1C(=O)c1cc(F)cnc1N. The molecule has 1 unspecified atom stereocenters. The first kappa shape index (κ1) is 12.8. The highest BCUT2D eigenvalue weighted by Crippen LogP contribution is 2.23. The highest BCUT2D eigenvalue weighted by molar-refractivity contribution is 5.98. The number of likely N-dealkylation sites (tertiary alicyclic amines) is 1. The predicted octanol–water partition coefficient (Wildman–Crippen LogP) is 2.21. The van der Waals surface area contributed by atoms with Crippen molar-refractivity contribution in [3.05, 3.63) is 23.6 Å². The van der Waals surface area contributed by atoms with Gasteiger partial charge in [-0.25, -0.2) is 9.37 Å². The summed E-state index contributed by atoms with van der Waals surface area (Å²) in [5.74, 6) is -0.634. The molecule has 1 aromatic heterocycles. The summed E-state index contributed by atoms with van der Waals surface area (Å²) in [7, 11) is 0. The van der Waals surface area contributed by atoms with Crippen molar-refractivity contribution in [3.63, 3.8) is 0 Å². The third-order valence-corrected chi connectivity index (χ3v) is 3.47. The van der Waals surface area contributed by atoms with Crippen molar-refractivity contribution in [3.8, 4) is 0 Å². The Kier molecular flexibility index (Phi) is 3.79. The lowest BCUT2D eigenvalue weighted by Gasteiger charge is -2.35. The minimum absolute atomic E-state index is 0.0989. The molecular weight excluding hydrogens is 233 g/mol. The zero-order valence-corrected chi connectivity index (χ0v) is 10.5. The van der Waals surface area contributed by atoms with Crippen molar-refractivity contribution in [2.45, 2.75) is 38.6 Å². The van der Waals surface area contributed by atoms with Gasteiger partial charge in [0.05, 0.1) is 11.8 Å². The molecule has 0 radical (unpaired) electrons. The Balaban J connectivity index is 2.26. The fourth-order valence-electron chi connectivity index (χ4n) is 2.47. The molecule has 5 heteroatoms. The lowest BCUT2D eigenvalue weighted by molar-refractivity contribution is 0.0608. The highest BCUT2D eigenvalue weighted by Gasteiger charge is 2.27. The van der Waals surface area contributed by atoms with Crippen molar-refractivity contribution in [1.29, 1.82) is 0 Å². The molecule has 18 heavy (non-hydrogen) atoms. The Morgan fingerprint density at radius 1 is 1.61 bits per heavy atom. The number of hydrogen-bond donors (Lipinski definition) is 1. The van der Waals surface area contributed by atoms with Crippen LogP contribution in [-0.4, -0.2) is 28.4 Å². The highest BCUT2D eigenvalue weighted by atomic mass is 19.1. The number of nitrogens with zero attached hydrogens (tertiary/aromatic N) is 2. The first-order valence-corrected chi connectivity index (χ1v) is 6.35. The molecule has 1 saturated heterocycles. The van der Waals surface area contributed by atoms with Gasteiger partial charge in [0.2, 0.25) is 0 Å². The lowest BCUT2D eigenvalue weighted by atomic mass is 9.99. The number of anilines is 1. The summed E-state index contributed by atoms with van der Waals surface area (Å²) >= 11 is 0. The first-order chi connectivity index (χ1) is 8.63. The average molecular weight is 251 g/mol. The first-order valence-electron chi connectivity index (χ1n) is 6.35. The topological polar surface area (TPSA) is 59.2 Å². The van der Waals surface area contributed by atoms with Gasteiger partial charge in [-0.2, -0.15) is 0 Å². The Morgan fingerprint density at radius 2 is 2.39 bits per heavy atom. The number of halogens is 1. The summed E-state index contributed by atoms with van der Waals surface area (Å²) in [5.41, 5.74) is 5.83. The predicted molar refractivity (Wildman–Crippen MR) is 67.6 cm³/mol. The number of amides is 1. The molecule has 1 fully saturated rings. The van der Waals surface area contributed by atoms with Crippen LogP contribution in [0.4, 0.5) is 10.2 Å². The third-order valence-electron chi connectivity index (χ3n) is 3.47. The zero-order valence-electron chi connectivity index (χ0n) is 10.5. The second-order valence-electron chi connectivity index (χ2n) is 4.64. The van der Waals surface area contributed by atoms with Crippen LogP contribution in [0.2, 0.25) is 0 Å². The van der Waals surface area contributed by atoms with Crippen LogP contribution in [0.3, 0.4) is 0 Å². The molecule has 1 aliphatic heterocycles. The molecule has 98 valence electrons. The van der Waals surface area contributed by atoms with Gasteiger partial charge < -0.3 is 10.6 Å². The Bertz CT molecular complexity index is 450. The summed E-state index contributed by atoms with van der Waals surface area (Å²) in [5, 5.41) is 0. The number of hydrogen-bond acceptors (Lipinski definition) is 3. The summed E-state index contributed by atoms with van der Waals surface area (Å²) < 4.78 is 13.2. The molecule has 1 aromatic rings. The van der Waals surface area contributed by atoms with E-state index in [1.807, 2.05) is 0 Å². The van der Waals surface area contributed by atoms with Crippen molar-refractivity contribution < 1.29 is 9.18 Å². The Hall–Kier alpha value is -1.65. The molecule has 0 bridgehead atoms. The van der Waals surface area contributed by atoms with Gasteiger partial charge in [0.15, 0.2) is 0 Å². The minimum atomic E-state index is -0.530. The standard InChI is InChI=1S/C13H18FN3O/c1-2-10-5-3-4-6-17(10)13(18)11-7-9(14)8-16-12(11)15/h7-8,10H,2-6H2,1H3,(H2,15,16). The monoisotopic (exact) mass is 251 g/mol. The average Bonchev–Trinajstić information content (AvgIpc) is 2.40. The van der Waals surface area contributed by atoms with E-state index in [2.05, 4.69) is 11.9 Å². The smallest absolute Gasteiger partial charge is 0.257 e. The quantitative estimate of drug-likeness (QED) is 0.876. The molecule has 4 nitrogen and oxygen atoms in total. The van der Waals surface area contributed by atoms with Crippen LogP contribution < -0.4 is 5.73 Å². The Labute approximate surface area is 106 Å². The largest absolute Gasteiger partial charge is 0.383 e. The molecule has 1 atom stereocenters. The van der Waals surface area contributed by atoms with E-state index in [4.69, 9.17) is 5.73 Å². The van der Waals surface area contributed by atoms with E-state index in [9.17, 15) is 9.18 Å². The maximum atomic E-state index is 13.2. The molecule has 0 aliphatic carbocycles. The number of carbonyl (C=O) groups excluding carboxylic acids is 1. The second-order valence-corrected chi connectivity index (χ2v) is 4.64. The van der Waals surface area contributed by atoms with Gasteiger partial charge in [0, 0.05) is 12.6 Å². The molecule has 0 aromatic carbocycles. The van der Waals surface area contributed by atoms with E-state index in [1.165, 1.54) is 6.07 Å². The van der Waals surface area contributed by atoms with E-state index in [1.54, 1.807) is 4.90 Å². The number of piperidine rings is 1. The number of nitrogen functional groups attached to an aromatic ring is 1. The molecule has 1 aliphatic rings. The van der Waals surface area contributed by atoms with Crippen molar-refractivity contribution in [1.82, 2.24) is 9.88 Å². The lowest BCUT2D eigenvalue weighted by Crippen LogP contribution is -2.43. The van der Waals surface area contributed by atoms with Gasteiger partial charge in [-0.05, 0) is 31.7 Å². The van der Waals surface area contributed by atoms with E-state index < -0.39 is 5.82 Å². The fourth-order valence-corrected chi connectivity index (χ4v) is 2.47. The van der Waals surface area contributed by atoms with E-state index in [-0.39, 0.29) is 23.3 Å². The molecule has 0 saturated carbocycles. The summed E-state index contributed by atoms with van der Waals surface area (Å²) in [4.78, 5) is 17.9. The number of nitrogens with two attached hydrogens (primary N) is 1. The molecular formula is C13H18FN3O. The van der Waals surface area contributed by atoms with Crippen LogP contribution >= 0.6 is 0 Å². The Morgan fingerprint density at radius 3 is 3.11 bits per heavy atom. The van der Waals surface area contributed by atoms with Gasteiger partial charge in [-0.3, -0.25) is 4.79 Å². The van der Waals surface area contributed by atoms with Crippen molar-refractivity contribution in [2.75, 3.05) is 12.3 Å². The van der Waals surface area contributed by atoms with Crippen molar-refractivity contribution >= 4 is 11.7 Å². The minimum Gasteiger partial charge on any atom is -0.383 e. The maximum absolute atomic E-state index is 13.2. The van der Waals surface area contributed by atoms with Crippen LogP contribution in [0.25, 0.3) is 0 Å². The number of rotatable bonds is 2. The number of carbonyl (C=O) groups is 1. The fraction of sp³-hybridized carbons (Fsp3) is 0.538. The molecule has 0 spiro atoms. The van der Waals surface area contributed by atoms with Gasteiger partial charge in [0.1, 0.15) is 11.6 Å². The summed E-state index contributed by atoms with van der Waals surface area (Å²) in [6.45, 7) is 2.77. The normalized spacial score (nSPS) is 19.9. The van der Waals surface area contributed by atoms with Crippen LogP contribution in [-0.2, 0) is 0 Å². The molecule has 2 rings (SSSR count). The van der Waals surface area contributed by atoms with Gasteiger partial charge >= 0.3 is 0 Å². The zero-order chi connectivity index (χ0) is 13.1. The molecule has 1 amide bonds. The van der Waals surface area contributed by atoms with Gasteiger partial charge in [0.25, 0.3) is 5.91 Å². The van der Waals surface area contributed by atoms with E-state index >= 15 is 0 Å². The van der Waals surface area contributed by atoms with Gasteiger partial charge in [-0.15, -0.1) is 0 Å².